The maximum atomic E-state index is 12.4. The molecule has 0 bridgehead atoms. The molecule has 2 N–H and O–H groups in total. The third-order valence-electron chi connectivity index (χ3n) is 4.10. The van der Waals surface area contributed by atoms with Crippen molar-refractivity contribution in [3.63, 3.8) is 0 Å². The summed E-state index contributed by atoms with van der Waals surface area (Å²) in [5, 5.41) is 4.04. The Labute approximate surface area is 143 Å². The molecular formula is C19H20N2O2S. The third kappa shape index (κ3) is 3.57. The summed E-state index contributed by atoms with van der Waals surface area (Å²) in [6.45, 7) is 1.95. The molecule has 0 spiro atoms. The number of para-hydroxylation sites is 1. The summed E-state index contributed by atoms with van der Waals surface area (Å²) in [6.07, 6.45) is 3.88. The summed E-state index contributed by atoms with van der Waals surface area (Å²) < 4.78 is 11.5. The van der Waals surface area contributed by atoms with Crippen molar-refractivity contribution in [2.45, 2.75) is 19.1 Å². The third-order valence-corrected chi connectivity index (χ3v) is 4.82. The molecule has 0 aliphatic heterocycles. The molecular weight excluding hydrogens is 320 g/mol. The Balaban J connectivity index is 1.77. The van der Waals surface area contributed by atoms with Crippen LogP contribution in [0.4, 0.5) is 5.69 Å². The van der Waals surface area contributed by atoms with E-state index in [-0.39, 0.29) is 5.91 Å². The van der Waals surface area contributed by atoms with Gasteiger partial charge in [0.1, 0.15) is 0 Å². The van der Waals surface area contributed by atoms with Crippen LogP contribution in [-0.4, -0.2) is 21.4 Å². The molecule has 3 aromatic rings. The molecule has 0 aliphatic rings. The number of carbonyl (C=O) groups excluding carboxylic acids is 1. The van der Waals surface area contributed by atoms with Gasteiger partial charge in [-0.1, -0.05) is 30.3 Å². The number of H-pyrrole nitrogens is 1. The monoisotopic (exact) mass is 340 g/mol. The lowest BCUT2D eigenvalue weighted by atomic mass is 10.1. The molecule has 1 amide bonds. The van der Waals surface area contributed by atoms with Crippen LogP contribution in [0.15, 0.2) is 48.7 Å². The number of rotatable bonds is 5. The number of hydrogen-bond acceptors (Lipinski definition) is 2. The highest BCUT2D eigenvalue weighted by molar-refractivity contribution is 7.83. The van der Waals surface area contributed by atoms with E-state index in [9.17, 15) is 9.00 Å². The summed E-state index contributed by atoms with van der Waals surface area (Å²) in [5.41, 5.74) is 4.76. The van der Waals surface area contributed by atoms with Gasteiger partial charge in [0.25, 0.3) is 0 Å². The van der Waals surface area contributed by atoms with Gasteiger partial charge in [0.05, 0.1) is 6.42 Å². The first-order chi connectivity index (χ1) is 11.5. The molecule has 0 unspecified atom stereocenters. The van der Waals surface area contributed by atoms with Crippen LogP contribution in [0, 0.1) is 6.92 Å². The molecule has 0 saturated heterocycles. The van der Waals surface area contributed by atoms with Crippen LogP contribution in [0.25, 0.3) is 10.9 Å². The summed E-state index contributed by atoms with van der Waals surface area (Å²) in [7, 11) is -0.906. The summed E-state index contributed by atoms with van der Waals surface area (Å²) in [5.74, 6) is 0.440. The minimum atomic E-state index is -0.906. The van der Waals surface area contributed by atoms with E-state index in [0.29, 0.717) is 12.2 Å². The zero-order valence-corrected chi connectivity index (χ0v) is 14.6. The van der Waals surface area contributed by atoms with Gasteiger partial charge in [-0.05, 0) is 35.7 Å². The zero-order valence-electron chi connectivity index (χ0n) is 13.8. The number of hydrogen-bond donors (Lipinski definition) is 2. The Morgan fingerprint density at radius 2 is 1.92 bits per heavy atom. The van der Waals surface area contributed by atoms with Crippen molar-refractivity contribution in [3.8, 4) is 0 Å². The number of benzene rings is 2. The lowest BCUT2D eigenvalue weighted by Gasteiger charge is -2.12. The quantitative estimate of drug-likeness (QED) is 0.746. The smallest absolute Gasteiger partial charge is 0.228 e. The van der Waals surface area contributed by atoms with Crippen LogP contribution >= 0.6 is 0 Å². The van der Waals surface area contributed by atoms with Crippen molar-refractivity contribution in [2.24, 2.45) is 0 Å². The maximum absolute atomic E-state index is 12.4. The molecule has 4 nitrogen and oxygen atoms in total. The molecule has 0 fully saturated rings. The SMILES string of the molecule is Cc1c(C[S@@](C)=O)cccc1NC(=O)Cc1c[nH]c2ccccc12. The first kappa shape index (κ1) is 16.5. The lowest BCUT2D eigenvalue weighted by Crippen LogP contribution is -2.15. The molecule has 5 heteroatoms. The Bertz CT molecular complexity index is 915. The number of aromatic nitrogens is 1. The average molecular weight is 340 g/mol. The minimum absolute atomic E-state index is 0.0578. The molecule has 0 saturated carbocycles. The van der Waals surface area contributed by atoms with E-state index in [2.05, 4.69) is 10.3 Å². The van der Waals surface area contributed by atoms with E-state index in [4.69, 9.17) is 0 Å². The topological polar surface area (TPSA) is 62.0 Å². The van der Waals surface area contributed by atoms with Crippen LogP contribution in [0.5, 0.6) is 0 Å². The predicted octanol–water partition coefficient (Wildman–Crippen LogP) is 3.54. The van der Waals surface area contributed by atoms with Gasteiger partial charge in [-0.3, -0.25) is 9.00 Å². The standard InChI is InChI=1S/C19H20N2O2S/c1-13-14(12-24(2)23)6-5-9-17(13)21-19(22)10-15-11-20-18-8-4-3-7-16(15)18/h3-9,11,20H,10,12H2,1-2H3,(H,21,22)/t24-/m1/s1. The number of amides is 1. The number of fused-ring (bicyclic) bond motifs is 1. The molecule has 1 atom stereocenters. The Morgan fingerprint density at radius 3 is 2.71 bits per heavy atom. The molecule has 1 heterocycles. The van der Waals surface area contributed by atoms with Gasteiger partial charge in [-0.2, -0.15) is 0 Å². The van der Waals surface area contributed by atoms with Gasteiger partial charge >= 0.3 is 0 Å². The number of nitrogens with one attached hydrogen (secondary N) is 2. The number of anilines is 1. The highest BCUT2D eigenvalue weighted by Crippen LogP contribution is 2.22. The zero-order chi connectivity index (χ0) is 17.1. The number of carbonyl (C=O) groups is 1. The van der Waals surface area contributed by atoms with Crippen LogP contribution in [0.2, 0.25) is 0 Å². The average Bonchev–Trinajstić information content (AvgIpc) is 2.94. The van der Waals surface area contributed by atoms with E-state index in [1.807, 2.05) is 55.6 Å². The maximum Gasteiger partial charge on any atom is 0.228 e. The number of aromatic amines is 1. The van der Waals surface area contributed by atoms with Crippen molar-refractivity contribution in [1.82, 2.24) is 4.98 Å². The van der Waals surface area contributed by atoms with Crippen molar-refractivity contribution < 1.29 is 9.00 Å². The molecule has 24 heavy (non-hydrogen) atoms. The van der Waals surface area contributed by atoms with E-state index in [1.54, 1.807) is 6.26 Å². The minimum Gasteiger partial charge on any atom is -0.361 e. The van der Waals surface area contributed by atoms with Gasteiger partial charge in [-0.25, -0.2) is 0 Å². The van der Waals surface area contributed by atoms with Gasteiger partial charge in [-0.15, -0.1) is 0 Å². The molecule has 0 aliphatic carbocycles. The van der Waals surface area contributed by atoms with Crippen molar-refractivity contribution >= 4 is 33.3 Å². The largest absolute Gasteiger partial charge is 0.361 e. The second kappa shape index (κ2) is 7.01. The predicted molar refractivity (Wildman–Crippen MR) is 99.6 cm³/mol. The fourth-order valence-corrected chi connectivity index (χ4v) is 3.59. The highest BCUT2D eigenvalue weighted by Gasteiger charge is 2.11. The van der Waals surface area contributed by atoms with E-state index >= 15 is 0 Å². The van der Waals surface area contributed by atoms with E-state index in [1.165, 1.54) is 0 Å². The Hall–Kier alpha value is -2.40. The van der Waals surface area contributed by atoms with Crippen molar-refractivity contribution in [3.05, 3.63) is 65.4 Å². The second-order valence-corrected chi connectivity index (χ2v) is 7.33. The lowest BCUT2D eigenvalue weighted by molar-refractivity contribution is -0.115. The fraction of sp³-hybridized carbons (Fsp3) is 0.211. The second-order valence-electron chi connectivity index (χ2n) is 5.89. The van der Waals surface area contributed by atoms with Crippen LogP contribution in [0.1, 0.15) is 16.7 Å². The molecule has 124 valence electrons. The summed E-state index contributed by atoms with van der Waals surface area (Å²) >= 11 is 0. The van der Waals surface area contributed by atoms with Crippen LogP contribution in [-0.2, 0) is 27.8 Å². The van der Waals surface area contributed by atoms with E-state index < -0.39 is 10.8 Å². The van der Waals surface area contributed by atoms with Crippen molar-refractivity contribution in [1.29, 1.82) is 0 Å². The Morgan fingerprint density at radius 1 is 1.12 bits per heavy atom. The van der Waals surface area contributed by atoms with E-state index in [0.717, 1.165) is 33.3 Å². The van der Waals surface area contributed by atoms with Gasteiger partial charge in [0, 0.05) is 45.6 Å². The molecule has 2 aromatic carbocycles. The van der Waals surface area contributed by atoms with Crippen molar-refractivity contribution in [2.75, 3.05) is 11.6 Å². The summed E-state index contributed by atoms with van der Waals surface area (Å²) in [4.78, 5) is 15.6. The van der Waals surface area contributed by atoms with Gasteiger partial charge < -0.3 is 10.3 Å². The molecule has 3 rings (SSSR count). The van der Waals surface area contributed by atoms with Crippen LogP contribution < -0.4 is 5.32 Å². The Kier molecular flexibility index (Phi) is 4.81. The first-order valence-corrected chi connectivity index (χ1v) is 9.50. The highest BCUT2D eigenvalue weighted by atomic mass is 32.2. The van der Waals surface area contributed by atoms with Crippen LogP contribution in [0.3, 0.4) is 0 Å². The molecule has 1 aromatic heterocycles. The van der Waals surface area contributed by atoms with Gasteiger partial charge in [0.15, 0.2) is 0 Å². The van der Waals surface area contributed by atoms with Gasteiger partial charge in [0.2, 0.25) is 5.91 Å². The fourth-order valence-electron chi connectivity index (χ4n) is 2.84. The molecule has 0 radical (unpaired) electrons. The first-order valence-electron chi connectivity index (χ1n) is 7.78. The normalized spacial score (nSPS) is 12.2. The summed E-state index contributed by atoms with van der Waals surface area (Å²) in [6, 6.07) is 13.7.